The Morgan fingerprint density at radius 3 is 2.77 bits per heavy atom. The van der Waals surface area contributed by atoms with Crippen molar-refractivity contribution in [2.75, 3.05) is 13.7 Å². The zero-order chi connectivity index (χ0) is 15.9. The van der Waals surface area contributed by atoms with Gasteiger partial charge in [-0.2, -0.15) is 13.2 Å². The molecule has 0 unspecified atom stereocenters. The fourth-order valence-electron chi connectivity index (χ4n) is 2.45. The molecule has 0 aliphatic carbocycles. The number of aromatic amines is 1. The smallest absolute Gasteiger partial charge is 0.416 e. The van der Waals surface area contributed by atoms with Crippen molar-refractivity contribution in [3.05, 3.63) is 41.1 Å². The van der Waals surface area contributed by atoms with Gasteiger partial charge in [0.2, 0.25) is 0 Å². The first-order valence-corrected chi connectivity index (χ1v) is 6.55. The molecule has 0 radical (unpaired) electrons. The summed E-state index contributed by atoms with van der Waals surface area (Å²) < 4.78 is 48.4. The fraction of sp³-hybridized carbons (Fsp3) is 0.267. The molecule has 22 heavy (non-hydrogen) atoms. The van der Waals surface area contributed by atoms with Crippen LogP contribution in [0.1, 0.15) is 21.6 Å². The van der Waals surface area contributed by atoms with Gasteiger partial charge < -0.3 is 14.5 Å². The molecule has 1 aliphatic heterocycles. The largest absolute Gasteiger partial charge is 0.493 e. The van der Waals surface area contributed by atoms with Crippen LogP contribution < -0.4 is 4.74 Å². The fourth-order valence-corrected chi connectivity index (χ4v) is 2.45. The van der Waals surface area contributed by atoms with Crippen LogP contribution >= 0.6 is 0 Å². The van der Waals surface area contributed by atoms with Gasteiger partial charge >= 0.3 is 12.1 Å². The molecule has 1 N–H and O–H groups in total. The molecule has 0 fully saturated rings. The van der Waals surface area contributed by atoms with Gasteiger partial charge in [0.15, 0.2) is 0 Å². The van der Waals surface area contributed by atoms with E-state index in [2.05, 4.69) is 9.72 Å². The second kappa shape index (κ2) is 5.08. The molecule has 2 aromatic rings. The minimum Gasteiger partial charge on any atom is -0.493 e. The minimum atomic E-state index is -4.43. The molecule has 1 aliphatic rings. The summed E-state index contributed by atoms with van der Waals surface area (Å²) >= 11 is 0. The number of rotatable bonds is 1. The van der Waals surface area contributed by atoms with Crippen molar-refractivity contribution in [2.45, 2.75) is 12.6 Å². The van der Waals surface area contributed by atoms with Crippen molar-refractivity contribution < 1.29 is 27.4 Å². The molecular weight excluding hydrogens is 299 g/mol. The van der Waals surface area contributed by atoms with Crippen molar-refractivity contribution in [3.8, 4) is 17.0 Å². The van der Waals surface area contributed by atoms with Crippen LogP contribution in [0.5, 0.6) is 5.75 Å². The van der Waals surface area contributed by atoms with Crippen molar-refractivity contribution in [2.24, 2.45) is 0 Å². The van der Waals surface area contributed by atoms with E-state index in [9.17, 15) is 18.0 Å². The van der Waals surface area contributed by atoms with Crippen LogP contribution in [0.3, 0.4) is 0 Å². The Hall–Kier alpha value is -2.44. The summed E-state index contributed by atoms with van der Waals surface area (Å²) in [6.07, 6.45) is -3.95. The number of benzene rings is 1. The minimum absolute atomic E-state index is 0.145. The third-order valence-electron chi connectivity index (χ3n) is 3.51. The Balaban J connectivity index is 2.10. The van der Waals surface area contributed by atoms with Gasteiger partial charge in [-0.15, -0.1) is 0 Å². The van der Waals surface area contributed by atoms with Crippen LogP contribution in [0.15, 0.2) is 24.3 Å². The molecule has 0 amide bonds. The number of nitrogens with one attached hydrogen (secondary N) is 1. The number of carbonyl (C=O) groups is 1. The Labute approximate surface area is 123 Å². The third-order valence-corrected chi connectivity index (χ3v) is 3.51. The molecule has 4 nitrogen and oxygen atoms in total. The van der Waals surface area contributed by atoms with E-state index in [-0.39, 0.29) is 18.1 Å². The highest BCUT2D eigenvalue weighted by Crippen LogP contribution is 2.39. The number of esters is 1. The maximum Gasteiger partial charge on any atom is 0.416 e. The Morgan fingerprint density at radius 2 is 2.09 bits per heavy atom. The van der Waals surface area contributed by atoms with Crippen molar-refractivity contribution in [1.82, 2.24) is 4.98 Å². The lowest BCUT2D eigenvalue weighted by molar-refractivity contribution is -0.137. The first-order valence-electron chi connectivity index (χ1n) is 6.55. The highest BCUT2D eigenvalue weighted by Gasteiger charge is 2.32. The zero-order valence-electron chi connectivity index (χ0n) is 11.6. The van der Waals surface area contributed by atoms with E-state index in [4.69, 9.17) is 4.74 Å². The van der Waals surface area contributed by atoms with E-state index >= 15 is 0 Å². The zero-order valence-corrected chi connectivity index (χ0v) is 11.6. The van der Waals surface area contributed by atoms with Gasteiger partial charge in [0.25, 0.3) is 0 Å². The molecule has 7 heteroatoms. The van der Waals surface area contributed by atoms with Gasteiger partial charge in [0, 0.05) is 12.0 Å². The lowest BCUT2D eigenvalue weighted by Gasteiger charge is -2.12. The molecule has 116 valence electrons. The van der Waals surface area contributed by atoms with Crippen LogP contribution in [0, 0.1) is 0 Å². The third kappa shape index (κ3) is 2.43. The van der Waals surface area contributed by atoms with Crippen molar-refractivity contribution in [3.63, 3.8) is 0 Å². The number of H-pyrrole nitrogens is 1. The molecule has 1 aromatic carbocycles. The highest BCUT2D eigenvalue weighted by molar-refractivity contribution is 5.90. The number of aromatic nitrogens is 1. The van der Waals surface area contributed by atoms with Gasteiger partial charge in [0.05, 0.1) is 25.0 Å². The average molecular weight is 311 g/mol. The number of halogens is 3. The number of hydrogen-bond acceptors (Lipinski definition) is 3. The Morgan fingerprint density at radius 1 is 1.32 bits per heavy atom. The monoisotopic (exact) mass is 311 g/mol. The van der Waals surface area contributed by atoms with E-state index in [0.29, 0.717) is 17.7 Å². The maximum atomic E-state index is 12.8. The number of ether oxygens (including phenoxy) is 2. The van der Waals surface area contributed by atoms with Gasteiger partial charge in [-0.1, -0.05) is 0 Å². The lowest BCUT2D eigenvalue weighted by Crippen LogP contribution is -2.06. The van der Waals surface area contributed by atoms with E-state index in [1.54, 1.807) is 6.07 Å². The number of methoxy groups -OCH3 is 1. The molecule has 2 heterocycles. The molecular formula is C15H12F3NO3. The maximum absolute atomic E-state index is 12.8. The number of alkyl halides is 3. The van der Waals surface area contributed by atoms with E-state index < -0.39 is 17.7 Å². The summed E-state index contributed by atoms with van der Waals surface area (Å²) in [5.74, 6) is -0.380. The predicted octanol–water partition coefficient (Wildman–Crippen LogP) is 3.42. The number of carbonyl (C=O) groups excluding carboxylic acids is 1. The molecule has 0 saturated heterocycles. The molecule has 0 spiro atoms. The predicted molar refractivity (Wildman–Crippen MR) is 71.8 cm³/mol. The summed E-state index contributed by atoms with van der Waals surface area (Å²) in [5.41, 5.74) is 1.38. The van der Waals surface area contributed by atoms with Crippen molar-refractivity contribution in [1.29, 1.82) is 0 Å². The molecule has 0 bridgehead atoms. The number of hydrogen-bond donors (Lipinski definition) is 1. The molecule has 1 aromatic heterocycles. The molecule has 0 atom stereocenters. The average Bonchev–Trinajstić information content (AvgIpc) is 2.82. The highest BCUT2D eigenvalue weighted by atomic mass is 19.4. The normalized spacial score (nSPS) is 13.6. The summed E-state index contributed by atoms with van der Waals surface area (Å²) in [6.45, 7) is 0.236. The first kappa shape index (κ1) is 14.5. The van der Waals surface area contributed by atoms with Gasteiger partial charge in [0.1, 0.15) is 11.4 Å². The topological polar surface area (TPSA) is 51.3 Å². The SMILES string of the molecule is COC(=O)c1cc2c([nH]1)-c1ccc(C(F)(F)F)cc1OCC2. The van der Waals surface area contributed by atoms with Gasteiger partial charge in [-0.25, -0.2) is 4.79 Å². The van der Waals surface area contributed by atoms with Crippen molar-refractivity contribution >= 4 is 5.97 Å². The Kier molecular flexibility index (Phi) is 3.35. The second-order valence-corrected chi connectivity index (χ2v) is 4.88. The summed E-state index contributed by atoms with van der Waals surface area (Å²) in [5, 5.41) is 0. The summed E-state index contributed by atoms with van der Waals surface area (Å²) in [6, 6.07) is 4.95. The standard InChI is InChI=1S/C15H12F3NO3/c1-21-14(20)11-6-8-4-5-22-12-7-9(15(16,17)18)2-3-10(12)13(8)19-11/h2-3,6-7,19H,4-5H2,1H3. The van der Waals surface area contributed by atoms with E-state index in [1.807, 2.05) is 0 Å². The van der Waals surface area contributed by atoms with Crippen LogP contribution in [0.4, 0.5) is 13.2 Å². The van der Waals surface area contributed by atoms with Crippen LogP contribution in [-0.2, 0) is 17.3 Å². The van der Waals surface area contributed by atoms with E-state index in [1.165, 1.54) is 13.2 Å². The van der Waals surface area contributed by atoms with Crippen LogP contribution in [0.2, 0.25) is 0 Å². The van der Waals surface area contributed by atoms with Crippen LogP contribution in [0.25, 0.3) is 11.3 Å². The van der Waals surface area contributed by atoms with Gasteiger partial charge in [-0.3, -0.25) is 0 Å². The Bertz CT molecular complexity index is 734. The summed E-state index contributed by atoms with van der Waals surface area (Å²) in [7, 11) is 1.26. The first-order chi connectivity index (χ1) is 10.4. The van der Waals surface area contributed by atoms with Crippen LogP contribution in [-0.4, -0.2) is 24.7 Å². The summed E-state index contributed by atoms with van der Waals surface area (Å²) in [4.78, 5) is 14.5. The molecule has 0 saturated carbocycles. The number of fused-ring (bicyclic) bond motifs is 3. The van der Waals surface area contributed by atoms with Gasteiger partial charge in [-0.05, 0) is 29.8 Å². The lowest BCUT2D eigenvalue weighted by atomic mass is 10.0. The second-order valence-electron chi connectivity index (χ2n) is 4.88. The molecule has 3 rings (SSSR count). The van der Waals surface area contributed by atoms with E-state index in [0.717, 1.165) is 17.7 Å². The quantitative estimate of drug-likeness (QED) is 0.821.